The van der Waals surface area contributed by atoms with Crippen molar-refractivity contribution in [3.05, 3.63) is 87.2 Å². The topological polar surface area (TPSA) is 74.6 Å². The highest BCUT2D eigenvalue weighted by atomic mass is 32.1. The summed E-state index contributed by atoms with van der Waals surface area (Å²) in [4.78, 5) is 11.3. The van der Waals surface area contributed by atoms with Crippen LogP contribution in [0.15, 0.2) is 75.6 Å². The van der Waals surface area contributed by atoms with Crippen LogP contribution >= 0.6 is 11.3 Å². The van der Waals surface area contributed by atoms with Crippen LogP contribution in [0.4, 0.5) is 10.2 Å². The molecule has 2 N–H and O–H groups in total. The van der Waals surface area contributed by atoms with Gasteiger partial charge in [0, 0.05) is 42.1 Å². The van der Waals surface area contributed by atoms with Crippen molar-refractivity contribution in [3.8, 4) is 0 Å². The van der Waals surface area contributed by atoms with E-state index in [1.54, 1.807) is 29.8 Å². The molecule has 2 aliphatic heterocycles. The largest absolute Gasteiger partial charge is 0.343 e. The summed E-state index contributed by atoms with van der Waals surface area (Å²) >= 11 is 1.73. The lowest BCUT2D eigenvalue weighted by atomic mass is 9.97. The number of nitrogens with one attached hydrogen (secondary N) is 2. The minimum atomic E-state index is -0.236. The Morgan fingerprint density at radius 2 is 2.10 bits per heavy atom. The van der Waals surface area contributed by atoms with Crippen molar-refractivity contribution in [3.63, 3.8) is 0 Å². The van der Waals surface area contributed by atoms with E-state index in [0.29, 0.717) is 12.8 Å². The number of thiophene rings is 1. The monoisotopic (exact) mass is 416 g/mol. The molecular weight excluding hydrogens is 399 g/mol. The normalized spacial score (nSPS) is 17.2. The highest BCUT2D eigenvalue weighted by Gasteiger charge is 2.24. The summed E-state index contributed by atoms with van der Waals surface area (Å²) in [6.07, 6.45) is 6.86. The first-order chi connectivity index (χ1) is 14.7. The van der Waals surface area contributed by atoms with Crippen LogP contribution in [0.25, 0.3) is 10.2 Å². The first-order valence-electron chi connectivity index (χ1n) is 9.77. The number of anilines is 1. The number of allylic oxidation sites excluding steroid dienone is 5. The number of halogens is 1. The molecule has 0 bridgehead atoms. The van der Waals surface area contributed by atoms with Gasteiger partial charge in [0.15, 0.2) is 0 Å². The van der Waals surface area contributed by atoms with Crippen LogP contribution < -0.4 is 10.6 Å². The molecule has 4 heterocycles. The molecule has 0 amide bonds. The average molecular weight is 416 g/mol. The molecule has 6 rings (SSSR count). The highest BCUT2D eigenvalue weighted by Crippen LogP contribution is 2.39. The van der Waals surface area contributed by atoms with Crippen molar-refractivity contribution in [1.82, 2.24) is 15.3 Å². The number of azo groups is 1. The zero-order valence-electron chi connectivity index (χ0n) is 15.9. The molecule has 3 aromatic rings. The summed E-state index contributed by atoms with van der Waals surface area (Å²) in [6, 6.07) is 6.63. The van der Waals surface area contributed by atoms with Gasteiger partial charge in [-0.05, 0) is 35.4 Å². The van der Waals surface area contributed by atoms with E-state index >= 15 is 0 Å². The second-order valence-corrected chi connectivity index (χ2v) is 8.57. The molecule has 3 aliphatic rings. The zero-order valence-corrected chi connectivity index (χ0v) is 16.8. The predicted octanol–water partition coefficient (Wildman–Crippen LogP) is 4.98. The number of fused-ring (bicyclic) bond motifs is 4. The Bertz CT molecular complexity index is 1320. The lowest BCUT2D eigenvalue weighted by molar-refractivity contribution is 0.626. The molecule has 1 aromatic carbocycles. The van der Waals surface area contributed by atoms with Crippen LogP contribution in [0.3, 0.4) is 0 Å². The van der Waals surface area contributed by atoms with Crippen molar-refractivity contribution in [1.29, 1.82) is 0 Å². The van der Waals surface area contributed by atoms with Gasteiger partial charge in [0.25, 0.3) is 0 Å². The standard InChI is InChI=1S/C22H17FN6S/c23-13-3-1-2-12(6-13)7-18-15-8-14(4-5-17(15)28-29-18)27-21-20-16-9-24-10-19(16)30-22(20)26-11-25-21/h1-6,11,24H,7-10H2,(H,25,26,27). The molecule has 0 unspecified atom stereocenters. The lowest BCUT2D eigenvalue weighted by Gasteiger charge is -2.16. The number of nitrogens with zero attached hydrogens (tertiary/aromatic N) is 4. The quantitative estimate of drug-likeness (QED) is 0.629. The van der Waals surface area contributed by atoms with Gasteiger partial charge in [0.05, 0.1) is 16.8 Å². The molecule has 0 atom stereocenters. The lowest BCUT2D eigenvalue weighted by Crippen LogP contribution is -2.08. The Morgan fingerprint density at radius 1 is 1.13 bits per heavy atom. The summed E-state index contributed by atoms with van der Waals surface area (Å²) in [5, 5.41) is 16.7. The van der Waals surface area contributed by atoms with Gasteiger partial charge in [-0.15, -0.1) is 11.3 Å². The molecule has 0 saturated heterocycles. The molecule has 8 heteroatoms. The third-order valence-electron chi connectivity index (χ3n) is 5.54. The second kappa shape index (κ2) is 6.93. The van der Waals surface area contributed by atoms with E-state index in [2.05, 4.69) is 30.8 Å². The summed E-state index contributed by atoms with van der Waals surface area (Å²) in [6.45, 7) is 1.74. The maximum Gasteiger partial charge on any atom is 0.142 e. The maximum atomic E-state index is 13.6. The number of rotatable bonds is 4. The van der Waals surface area contributed by atoms with E-state index in [1.165, 1.54) is 16.5 Å². The molecular formula is C22H17FN6S. The number of hydrogen-bond donors (Lipinski definition) is 2. The molecule has 6 nitrogen and oxygen atoms in total. The molecule has 148 valence electrons. The first kappa shape index (κ1) is 17.6. The van der Waals surface area contributed by atoms with Gasteiger partial charge in [0.2, 0.25) is 0 Å². The molecule has 2 aromatic heterocycles. The maximum absolute atomic E-state index is 13.6. The number of hydrogen-bond acceptors (Lipinski definition) is 7. The summed E-state index contributed by atoms with van der Waals surface area (Å²) in [5.74, 6) is 0.601. The van der Waals surface area contributed by atoms with E-state index in [4.69, 9.17) is 0 Å². The Labute approximate surface area is 176 Å². The SMILES string of the molecule is Fc1cccc(CC2=C3CC(Nc4ncnc5sc6c(c45)CNC6)=CC=C3N=N2)c1. The first-order valence-corrected chi connectivity index (χ1v) is 10.6. The Kier molecular flexibility index (Phi) is 4.07. The van der Waals surface area contributed by atoms with Gasteiger partial charge in [-0.25, -0.2) is 14.4 Å². The minimum Gasteiger partial charge on any atom is -0.343 e. The minimum absolute atomic E-state index is 0.236. The molecule has 0 spiro atoms. The van der Waals surface area contributed by atoms with Gasteiger partial charge >= 0.3 is 0 Å². The summed E-state index contributed by atoms with van der Waals surface area (Å²) in [5.41, 5.74) is 6.05. The molecule has 30 heavy (non-hydrogen) atoms. The average Bonchev–Trinajstić information content (AvgIpc) is 3.43. The van der Waals surface area contributed by atoms with E-state index in [-0.39, 0.29) is 5.82 Å². The van der Waals surface area contributed by atoms with Crippen LogP contribution in [0, 0.1) is 5.82 Å². The van der Waals surface area contributed by atoms with Crippen molar-refractivity contribution < 1.29 is 4.39 Å². The van der Waals surface area contributed by atoms with Gasteiger partial charge in [-0.3, -0.25) is 0 Å². The molecule has 0 fully saturated rings. The van der Waals surface area contributed by atoms with Gasteiger partial charge in [0.1, 0.15) is 22.8 Å². The van der Waals surface area contributed by atoms with Crippen LogP contribution in [0.1, 0.15) is 22.4 Å². The van der Waals surface area contributed by atoms with Crippen LogP contribution in [0.5, 0.6) is 0 Å². The van der Waals surface area contributed by atoms with Crippen molar-refractivity contribution in [2.75, 3.05) is 5.32 Å². The van der Waals surface area contributed by atoms with Gasteiger partial charge < -0.3 is 10.6 Å². The van der Waals surface area contributed by atoms with E-state index in [0.717, 1.165) is 57.4 Å². The fourth-order valence-electron chi connectivity index (χ4n) is 4.12. The van der Waals surface area contributed by atoms with Crippen LogP contribution in [-0.4, -0.2) is 9.97 Å². The van der Waals surface area contributed by atoms with E-state index in [9.17, 15) is 4.39 Å². The molecule has 1 aliphatic carbocycles. The van der Waals surface area contributed by atoms with Crippen molar-refractivity contribution in [2.24, 2.45) is 10.2 Å². The van der Waals surface area contributed by atoms with Gasteiger partial charge in [-0.2, -0.15) is 10.2 Å². The number of benzene rings is 1. The third-order valence-corrected chi connectivity index (χ3v) is 6.68. The molecule has 0 radical (unpaired) electrons. The Hall–Kier alpha value is -3.23. The second-order valence-electron chi connectivity index (χ2n) is 7.49. The van der Waals surface area contributed by atoms with Crippen LogP contribution in [0.2, 0.25) is 0 Å². The summed E-state index contributed by atoms with van der Waals surface area (Å²) in [7, 11) is 0. The van der Waals surface area contributed by atoms with E-state index in [1.807, 2.05) is 18.2 Å². The fourth-order valence-corrected chi connectivity index (χ4v) is 5.25. The predicted molar refractivity (Wildman–Crippen MR) is 114 cm³/mol. The highest BCUT2D eigenvalue weighted by molar-refractivity contribution is 7.19. The zero-order chi connectivity index (χ0) is 20.1. The van der Waals surface area contributed by atoms with Crippen molar-refractivity contribution >= 4 is 27.4 Å². The fraction of sp³-hybridized carbons (Fsp3) is 0.182. The Morgan fingerprint density at radius 3 is 3.03 bits per heavy atom. The van der Waals surface area contributed by atoms with Crippen LogP contribution in [-0.2, 0) is 19.5 Å². The van der Waals surface area contributed by atoms with Crippen molar-refractivity contribution in [2.45, 2.75) is 25.9 Å². The van der Waals surface area contributed by atoms with E-state index < -0.39 is 0 Å². The third kappa shape index (κ3) is 2.96. The summed E-state index contributed by atoms with van der Waals surface area (Å²) < 4.78 is 13.6. The molecule has 0 saturated carbocycles. The smallest absolute Gasteiger partial charge is 0.142 e. The Balaban J connectivity index is 1.30. The number of aromatic nitrogens is 2. The van der Waals surface area contributed by atoms with Gasteiger partial charge in [-0.1, -0.05) is 12.1 Å².